The Bertz CT molecular complexity index is 1160. The van der Waals surface area contributed by atoms with Crippen molar-refractivity contribution < 1.29 is 13.6 Å². The van der Waals surface area contributed by atoms with Crippen LogP contribution in [-0.2, 0) is 24.4 Å². The van der Waals surface area contributed by atoms with E-state index in [1.54, 1.807) is 15.2 Å². The van der Waals surface area contributed by atoms with E-state index in [0.29, 0.717) is 19.6 Å². The minimum Gasteiger partial charge on any atom is -0.353 e. The molecular formula is C24H28F2N4O2. The van der Waals surface area contributed by atoms with Gasteiger partial charge < -0.3 is 5.32 Å². The first-order chi connectivity index (χ1) is 15.5. The fraction of sp³-hybridized carbons (Fsp3) is 0.417. The van der Waals surface area contributed by atoms with Gasteiger partial charge in [-0.3, -0.25) is 18.8 Å². The molecule has 4 rings (SSSR count). The van der Waals surface area contributed by atoms with Gasteiger partial charge >= 0.3 is 5.69 Å². The quantitative estimate of drug-likeness (QED) is 0.611. The van der Waals surface area contributed by atoms with E-state index in [0.717, 1.165) is 48.6 Å². The van der Waals surface area contributed by atoms with Gasteiger partial charge in [0.25, 0.3) is 0 Å². The predicted molar refractivity (Wildman–Crippen MR) is 119 cm³/mol. The number of benzene rings is 2. The molecular weight excluding hydrogens is 414 g/mol. The monoisotopic (exact) mass is 442 g/mol. The number of carbonyl (C=O) groups is 1. The van der Waals surface area contributed by atoms with Gasteiger partial charge in [-0.1, -0.05) is 18.2 Å². The van der Waals surface area contributed by atoms with Crippen LogP contribution in [0.2, 0.25) is 0 Å². The zero-order valence-electron chi connectivity index (χ0n) is 18.2. The summed E-state index contributed by atoms with van der Waals surface area (Å²) >= 11 is 0. The molecule has 170 valence electrons. The molecule has 1 aliphatic rings. The van der Waals surface area contributed by atoms with E-state index in [4.69, 9.17) is 0 Å². The Kier molecular flexibility index (Phi) is 6.69. The van der Waals surface area contributed by atoms with Crippen LogP contribution < -0.4 is 11.0 Å². The average Bonchev–Trinajstić information content (AvgIpc) is 3.06. The van der Waals surface area contributed by atoms with E-state index in [-0.39, 0.29) is 24.1 Å². The number of halogens is 2. The second-order valence-corrected chi connectivity index (χ2v) is 8.28. The number of hydrogen-bond donors (Lipinski definition) is 1. The third-order valence-electron chi connectivity index (χ3n) is 6.15. The van der Waals surface area contributed by atoms with Crippen molar-refractivity contribution >= 4 is 16.9 Å². The summed E-state index contributed by atoms with van der Waals surface area (Å²) in [5.74, 6) is -1.73. The number of rotatable bonds is 7. The van der Waals surface area contributed by atoms with Crippen molar-refractivity contribution in [2.24, 2.45) is 0 Å². The summed E-state index contributed by atoms with van der Waals surface area (Å²) in [4.78, 5) is 27.4. The fourth-order valence-corrected chi connectivity index (χ4v) is 4.44. The van der Waals surface area contributed by atoms with Crippen LogP contribution in [0.4, 0.5) is 8.78 Å². The number of aryl methyl sites for hydroxylation is 2. The van der Waals surface area contributed by atoms with E-state index >= 15 is 0 Å². The number of nitrogens with zero attached hydrogens (tertiary/aromatic N) is 3. The van der Waals surface area contributed by atoms with Crippen molar-refractivity contribution in [2.45, 2.75) is 51.9 Å². The van der Waals surface area contributed by atoms with E-state index in [9.17, 15) is 18.4 Å². The fourth-order valence-electron chi connectivity index (χ4n) is 4.44. The number of fused-ring (bicyclic) bond motifs is 1. The highest BCUT2D eigenvalue weighted by Crippen LogP contribution is 2.17. The zero-order chi connectivity index (χ0) is 22.7. The summed E-state index contributed by atoms with van der Waals surface area (Å²) in [6.07, 6.45) is 1.84. The highest BCUT2D eigenvalue weighted by Gasteiger charge is 2.21. The minimum absolute atomic E-state index is 0.0655. The van der Waals surface area contributed by atoms with Crippen molar-refractivity contribution in [1.29, 1.82) is 0 Å². The molecule has 32 heavy (non-hydrogen) atoms. The molecule has 0 saturated carbocycles. The van der Waals surface area contributed by atoms with Gasteiger partial charge in [-0.15, -0.1) is 0 Å². The highest BCUT2D eigenvalue weighted by atomic mass is 19.2. The molecule has 0 atom stereocenters. The van der Waals surface area contributed by atoms with Crippen LogP contribution in [0, 0.1) is 11.6 Å². The predicted octanol–water partition coefficient (Wildman–Crippen LogP) is 3.27. The van der Waals surface area contributed by atoms with Crippen molar-refractivity contribution in [3.05, 3.63) is 70.1 Å². The lowest BCUT2D eigenvalue weighted by molar-refractivity contribution is -0.122. The highest BCUT2D eigenvalue weighted by molar-refractivity contribution is 5.78. The van der Waals surface area contributed by atoms with Crippen LogP contribution in [0.25, 0.3) is 11.0 Å². The average molecular weight is 443 g/mol. The summed E-state index contributed by atoms with van der Waals surface area (Å²) < 4.78 is 29.9. The van der Waals surface area contributed by atoms with E-state index in [1.165, 1.54) is 6.07 Å². The van der Waals surface area contributed by atoms with E-state index in [1.807, 2.05) is 31.2 Å². The van der Waals surface area contributed by atoms with Crippen molar-refractivity contribution in [2.75, 3.05) is 13.1 Å². The maximum Gasteiger partial charge on any atom is 0.329 e. The molecule has 2 aromatic carbocycles. The SMILES string of the molecule is CCn1c(=O)n(CCC(=O)NC2CCN(Cc3ccc(F)c(F)c3)CC2)c2ccccc21. The molecule has 0 bridgehead atoms. The van der Waals surface area contributed by atoms with Crippen LogP contribution in [0.5, 0.6) is 0 Å². The van der Waals surface area contributed by atoms with Gasteiger partial charge in [-0.05, 0) is 49.6 Å². The van der Waals surface area contributed by atoms with Gasteiger partial charge in [0, 0.05) is 45.2 Å². The largest absolute Gasteiger partial charge is 0.353 e. The van der Waals surface area contributed by atoms with Gasteiger partial charge in [-0.25, -0.2) is 13.6 Å². The normalized spacial score (nSPS) is 15.3. The van der Waals surface area contributed by atoms with Gasteiger partial charge in [-0.2, -0.15) is 0 Å². The number of nitrogens with one attached hydrogen (secondary N) is 1. The summed E-state index contributed by atoms with van der Waals surface area (Å²) in [7, 11) is 0. The van der Waals surface area contributed by atoms with Crippen LogP contribution in [0.15, 0.2) is 47.3 Å². The molecule has 8 heteroatoms. The summed E-state index contributed by atoms with van der Waals surface area (Å²) in [5.41, 5.74) is 2.38. The molecule has 1 saturated heterocycles. The summed E-state index contributed by atoms with van der Waals surface area (Å²) in [5, 5.41) is 3.08. The number of para-hydroxylation sites is 2. The van der Waals surface area contributed by atoms with Crippen molar-refractivity contribution in [1.82, 2.24) is 19.4 Å². The lowest BCUT2D eigenvalue weighted by Crippen LogP contribution is -2.44. The minimum atomic E-state index is -0.836. The number of aromatic nitrogens is 2. The zero-order valence-corrected chi connectivity index (χ0v) is 18.2. The molecule has 1 aliphatic heterocycles. The van der Waals surface area contributed by atoms with Gasteiger partial charge in [0.05, 0.1) is 11.0 Å². The van der Waals surface area contributed by atoms with E-state index < -0.39 is 11.6 Å². The van der Waals surface area contributed by atoms with Crippen LogP contribution in [-0.4, -0.2) is 39.1 Å². The number of amides is 1. The van der Waals surface area contributed by atoms with Crippen molar-refractivity contribution in [3.63, 3.8) is 0 Å². The first-order valence-electron chi connectivity index (χ1n) is 11.1. The number of piperidine rings is 1. The Morgan fingerprint density at radius 1 is 1.03 bits per heavy atom. The molecule has 3 aromatic rings. The molecule has 0 aliphatic carbocycles. The van der Waals surface area contributed by atoms with E-state index in [2.05, 4.69) is 10.2 Å². The van der Waals surface area contributed by atoms with Crippen LogP contribution in [0.1, 0.15) is 31.7 Å². The Labute approximate surface area is 185 Å². The molecule has 0 unspecified atom stereocenters. The second-order valence-electron chi connectivity index (χ2n) is 8.28. The smallest absolute Gasteiger partial charge is 0.329 e. The number of hydrogen-bond acceptors (Lipinski definition) is 3. The Balaban J connectivity index is 1.28. The molecule has 1 fully saturated rings. The Morgan fingerprint density at radius 2 is 1.72 bits per heavy atom. The maximum absolute atomic E-state index is 13.4. The lowest BCUT2D eigenvalue weighted by Gasteiger charge is -2.32. The molecule has 2 heterocycles. The van der Waals surface area contributed by atoms with Gasteiger partial charge in [0.1, 0.15) is 0 Å². The number of carbonyl (C=O) groups excluding carboxylic acids is 1. The molecule has 1 N–H and O–H groups in total. The third-order valence-corrected chi connectivity index (χ3v) is 6.15. The molecule has 1 amide bonds. The molecule has 0 spiro atoms. The molecule has 1 aromatic heterocycles. The number of imidazole rings is 1. The Morgan fingerprint density at radius 3 is 2.38 bits per heavy atom. The van der Waals surface area contributed by atoms with Crippen LogP contribution >= 0.6 is 0 Å². The second kappa shape index (κ2) is 9.65. The lowest BCUT2D eigenvalue weighted by atomic mass is 10.0. The Hall–Kier alpha value is -3.00. The van der Waals surface area contributed by atoms with Crippen LogP contribution in [0.3, 0.4) is 0 Å². The van der Waals surface area contributed by atoms with Gasteiger partial charge in [0.15, 0.2) is 11.6 Å². The summed E-state index contributed by atoms with van der Waals surface area (Å²) in [6, 6.07) is 11.7. The third kappa shape index (κ3) is 4.75. The van der Waals surface area contributed by atoms with Gasteiger partial charge in [0.2, 0.25) is 5.91 Å². The first kappa shape index (κ1) is 22.2. The first-order valence-corrected chi connectivity index (χ1v) is 11.1. The topological polar surface area (TPSA) is 59.3 Å². The van der Waals surface area contributed by atoms with Crippen molar-refractivity contribution in [3.8, 4) is 0 Å². The summed E-state index contributed by atoms with van der Waals surface area (Å²) in [6.45, 7) is 4.96. The standard InChI is InChI=1S/C24H28F2N4O2/c1-2-29-21-5-3-4-6-22(21)30(24(29)32)14-11-23(31)27-18-9-12-28(13-10-18)16-17-7-8-19(25)20(26)15-17/h3-8,15,18H,2,9-14,16H2,1H3,(H,27,31). The number of likely N-dealkylation sites (tertiary alicyclic amines) is 1. The molecule has 0 radical (unpaired) electrons. The maximum atomic E-state index is 13.4. The molecule has 6 nitrogen and oxygen atoms in total.